The van der Waals surface area contributed by atoms with Gasteiger partial charge in [-0.2, -0.15) is 5.10 Å². The fourth-order valence-electron chi connectivity index (χ4n) is 1.77. The molecular weight excluding hydrogens is 260 g/mol. The highest BCUT2D eigenvalue weighted by Crippen LogP contribution is 2.24. The van der Waals surface area contributed by atoms with Crippen molar-refractivity contribution in [2.24, 2.45) is 5.73 Å². The monoisotopic (exact) mass is 276 g/mol. The molecule has 2 heterocycles. The zero-order valence-electron chi connectivity index (χ0n) is 11.0. The fraction of sp³-hybridized carbons (Fsp3) is 0.308. The summed E-state index contributed by atoms with van der Waals surface area (Å²) in [7, 11) is 0. The highest BCUT2D eigenvalue weighted by molar-refractivity contribution is 7.80. The number of aryl methyl sites for hydroxylation is 2. The number of ether oxygens (including phenoxy) is 1. The lowest BCUT2D eigenvalue weighted by Crippen LogP contribution is -2.13. The summed E-state index contributed by atoms with van der Waals surface area (Å²) >= 11 is 5.04. The lowest BCUT2D eigenvalue weighted by atomic mass is 10.1. The molecule has 0 saturated carbocycles. The van der Waals surface area contributed by atoms with E-state index in [1.807, 2.05) is 23.9 Å². The Bertz CT molecular complexity index is 594. The summed E-state index contributed by atoms with van der Waals surface area (Å²) in [6.45, 7) is 4.87. The number of rotatable bonds is 5. The first-order valence-electron chi connectivity index (χ1n) is 6.07. The van der Waals surface area contributed by atoms with E-state index in [-0.39, 0.29) is 4.99 Å². The Labute approximate surface area is 117 Å². The molecule has 0 unspecified atom stereocenters. The average Bonchev–Trinajstić information content (AvgIpc) is 2.76. The van der Waals surface area contributed by atoms with Crippen LogP contribution in [0, 0.1) is 6.92 Å². The van der Waals surface area contributed by atoms with Gasteiger partial charge in [-0.05, 0) is 25.0 Å². The topological polar surface area (TPSA) is 66.0 Å². The predicted molar refractivity (Wildman–Crippen MR) is 77.5 cm³/mol. The van der Waals surface area contributed by atoms with Gasteiger partial charge in [-0.1, -0.05) is 19.1 Å². The molecule has 0 aromatic carbocycles. The molecule has 2 N–H and O–H groups in total. The van der Waals surface area contributed by atoms with Gasteiger partial charge >= 0.3 is 0 Å². The van der Waals surface area contributed by atoms with E-state index in [4.69, 9.17) is 22.7 Å². The number of pyridine rings is 1. The molecule has 19 heavy (non-hydrogen) atoms. The van der Waals surface area contributed by atoms with Crippen LogP contribution in [0.5, 0.6) is 11.6 Å². The molecule has 0 aliphatic rings. The van der Waals surface area contributed by atoms with Gasteiger partial charge in [0.1, 0.15) is 4.99 Å². The van der Waals surface area contributed by atoms with Gasteiger partial charge in [-0.25, -0.2) is 4.98 Å². The van der Waals surface area contributed by atoms with Gasteiger partial charge in [-0.15, -0.1) is 0 Å². The van der Waals surface area contributed by atoms with E-state index in [1.165, 1.54) is 0 Å². The molecule has 5 nitrogen and oxygen atoms in total. The molecule has 2 rings (SSSR count). The van der Waals surface area contributed by atoms with E-state index < -0.39 is 0 Å². The molecule has 0 aliphatic carbocycles. The Morgan fingerprint density at radius 1 is 1.53 bits per heavy atom. The van der Waals surface area contributed by atoms with E-state index in [0.717, 1.165) is 18.5 Å². The van der Waals surface area contributed by atoms with Crippen LogP contribution in [-0.2, 0) is 6.54 Å². The highest BCUT2D eigenvalue weighted by atomic mass is 32.1. The first-order chi connectivity index (χ1) is 9.11. The molecule has 0 radical (unpaired) electrons. The van der Waals surface area contributed by atoms with Gasteiger partial charge < -0.3 is 10.5 Å². The minimum Gasteiger partial charge on any atom is -0.435 e. The lowest BCUT2D eigenvalue weighted by molar-refractivity contribution is 0.460. The van der Waals surface area contributed by atoms with Crippen LogP contribution in [0.2, 0.25) is 0 Å². The fourth-order valence-corrected chi connectivity index (χ4v) is 2.02. The lowest BCUT2D eigenvalue weighted by Gasteiger charge is -2.09. The summed E-state index contributed by atoms with van der Waals surface area (Å²) in [4.78, 5) is 4.46. The van der Waals surface area contributed by atoms with E-state index in [2.05, 4.69) is 17.0 Å². The molecule has 0 atom stereocenters. The van der Waals surface area contributed by atoms with Crippen molar-refractivity contribution in [2.45, 2.75) is 26.8 Å². The van der Waals surface area contributed by atoms with Gasteiger partial charge in [0.15, 0.2) is 5.75 Å². The van der Waals surface area contributed by atoms with Crippen molar-refractivity contribution in [3.05, 3.63) is 35.8 Å². The number of nitrogens with zero attached hydrogens (tertiary/aromatic N) is 3. The Morgan fingerprint density at radius 2 is 2.32 bits per heavy atom. The standard InChI is InChI=1S/C13H16N4OS/c1-3-6-17-8-10(7-16-17)18-13-11(12(14)19)9(2)4-5-15-13/h4-5,7-8H,3,6H2,1-2H3,(H2,14,19). The molecule has 0 bridgehead atoms. The second-order valence-corrected chi connectivity index (χ2v) is 4.65. The predicted octanol–water partition coefficient (Wildman–Crippen LogP) is 2.42. The maximum absolute atomic E-state index is 5.72. The molecule has 6 heteroatoms. The van der Waals surface area contributed by atoms with Crippen LogP contribution in [0.4, 0.5) is 0 Å². The third-order valence-corrected chi connectivity index (χ3v) is 2.85. The van der Waals surface area contributed by atoms with E-state index in [9.17, 15) is 0 Å². The summed E-state index contributed by atoms with van der Waals surface area (Å²) < 4.78 is 7.54. The molecule has 0 fully saturated rings. The molecule has 100 valence electrons. The SMILES string of the molecule is CCCn1cc(Oc2nccc(C)c2C(N)=S)cn1. The number of nitrogens with two attached hydrogens (primary N) is 1. The molecule has 0 saturated heterocycles. The summed E-state index contributed by atoms with van der Waals surface area (Å²) in [5.41, 5.74) is 7.32. The second-order valence-electron chi connectivity index (χ2n) is 4.21. The normalized spacial score (nSPS) is 10.4. The van der Waals surface area contributed by atoms with Crippen LogP contribution in [0.25, 0.3) is 0 Å². The Balaban J connectivity index is 2.27. The number of hydrogen-bond donors (Lipinski definition) is 1. The molecule has 0 aliphatic heterocycles. The maximum Gasteiger partial charge on any atom is 0.229 e. The van der Waals surface area contributed by atoms with Gasteiger partial charge in [0.05, 0.1) is 18.0 Å². The molecular formula is C13H16N4OS. The summed E-state index contributed by atoms with van der Waals surface area (Å²) in [5, 5.41) is 4.20. The van der Waals surface area contributed by atoms with Gasteiger partial charge in [0, 0.05) is 12.7 Å². The van der Waals surface area contributed by atoms with Gasteiger partial charge in [0.25, 0.3) is 0 Å². The molecule has 2 aromatic rings. The average molecular weight is 276 g/mol. The first kappa shape index (κ1) is 13.5. The van der Waals surface area contributed by atoms with Crippen LogP contribution >= 0.6 is 12.2 Å². The van der Waals surface area contributed by atoms with Crippen molar-refractivity contribution < 1.29 is 4.74 Å². The van der Waals surface area contributed by atoms with Crippen LogP contribution in [0.3, 0.4) is 0 Å². The maximum atomic E-state index is 5.72. The van der Waals surface area contributed by atoms with E-state index in [1.54, 1.807) is 12.4 Å². The zero-order valence-corrected chi connectivity index (χ0v) is 11.8. The van der Waals surface area contributed by atoms with E-state index in [0.29, 0.717) is 17.2 Å². The quantitative estimate of drug-likeness (QED) is 0.850. The second kappa shape index (κ2) is 5.79. The van der Waals surface area contributed by atoms with Crippen LogP contribution in [-0.4, -0.2) is 19.8 Å². The third kappa shape index (κ3) is 3.08. The first-order valence-corrected chi connectivity index (χ1v) is 6.48. The van der Waals surface area contributed by atoms with Gasteiger partial charge in [-0.3, -0.25) is 4.68 Å². The van der Waals surface area contributed by atoms with Crippen molar-refractivity contribution in [3.63, 3.8) is 0 Å². The minimum absolute atomic E-state index is 0.279. The number of aromatic nitrogens is 3. The Morgan fingerprint density at radius 3 is 3.00 bits per heavy atom. The number of thiocarbonyl (C=S) groups is 1. The smallest absolute Gasteiger partial charge is 0.229 e. The van der Waals surface area contributed by atoms with Crippen LogP contribution < -0.4 is 10.5 Å². The van der Waals surface area contributed by atoms with Crippen molar-refractivity contribution in [3.8, 4) is 11.6 Å². The van der Waals surface area contributed by atoms with Crippen molar-refractivity contribution in [1.29, 1.82) is 0 Å². The van der Waals surface area contributed by atoms with Gasteiger partial charge in [0.2, 0.25) is 5.88 Å². The van der Waals surface area contributed by atoms with Crippen molar-refractivity contribution >= 4 is 17.2 Å². The zero-order chi connectivity index (χ0) is 13.8. The Hall–Kier alpha value is -1.95. The molecule has 0 amide bonds. The van der Waals surface area contributed by atoms with Crippen molar-refractivity contribution in [1.82, 2.24) is 14.8 Å². The third-order valence-electron chi connectivity index (χ3n) is 2.65. The summed E-state index contributed by atoms with van der Waals surface area (Å²) in [6, 6.07) is 1.85. The number of hydrogen-bond acceptors (Lipinski definition) is 4. The highest BCUT2D eigenvalue weighted by Gasteiger charge is 2.12. The minimum atomic E-state index is 0.279. The van der Waals surface area contributed by atoms with Crippen LogP contribution in [0.1, 0.15) is 24.5 Å². The summed E-state index contributed by atoms with van der Waals surface area (Å²) in [5.74, 6) is 1.05. The molecule has 0 spiro atoms. The van der Waals surface area contributed by atoms with Crippen molar-refractivity contribution in [2.75, 3.05) is 0 Å². The largest absolute Gasteiger partial charge is 0.435 e. The Kier molecular flexibility index (Phi) is 4.11. The molecule has 2 aromatic heterocycles. The summed E-state index contributed by atoms with van der Waals surface area (Å²) in [6.07, 6.45) is 6.17. The van der Waals surface area contributed by atoms with Crippen LogP contribution in [0.15, 0.2) is 24.7 Å². The van der Waals surface area contributed by atoms with E-state index >= 15 is 0 Å².